The van der Waals surface area contributed by atoms with Crippen LogP contribution in [0.4, 0.5) is 5.82 Å². The molecular formula is C17H18N4O2. The molecule has 1 aromatic heterocycles. The van der Waals surface area contributed by atoms with Crippen molar-refractivity contribution in [1.29, 1.82) is 0 Å². The van der Waals surface area contributed by atoms with Crippen LogP contribution in [0.3, 0.4) is 0 Å². The fraction of sp³-hybridized carbons (Fsp3) is 0.235. The predicted molar refractivity (Wildman–Crippen MR) is 87.8 cm³/mol. The van der Waals surface area contributed by atoms with Gasteiger partial charge in [-0.2, -0.15) is 5.10 Å². The summed E-state index contributed by atoms with van der Waals surface area (Å²) >= 11 is 0. The molecule has 1 N–H and O–H groups in total. The molecule has 0 radical (unpaired) electrons. The van der Waals surface area contributed by atoms with Crippen molar-refractivity contribution in [1.82, 2.24) is 15.1 Å². The Kier molecular flexibility index (Phi) is 4.23. The molecule has 23 heavy (non-hydrogen) atoms. The SMILES string of the molecule is C=CCNC(=O)CN1C(=O)CCn2nc(-c3ccccc3)cc21. The van der Waals surface area contributed by atoms with Gasteiger partial charge >= 0.3 is 0 Å². The van der Waals surface area contributed by atoms with Gasteiger partial charge in [-0.15, -0.1) is 6.58 Å². The maximum atomic E-state index is 12.2. The molecule has 1 aliphatic rings. The molecule has 0 spiro atoms. The van der Waals surface area contributed by atoms with Crippen molar-refractivity contribution in [3.05, 3.63) is 49.1 Å². The molecule has 0 aliphatic carbocycles. The quantitative estimate of drug-likeness (QED) is 0.853. The standard InChI is InChI=1S/C17H18N4O2/c1-2-9-18-15(22)12-20-16-11-14(13-6-4-3-5-7-13)19-21(16)10-8-17(20)23/h2-7,11H,1,8-10,12H2,(H,18,22). The van der Waals surface area contributed by atoms with E-state index >= 15 is 0 Å². The Balaban J connectivity index is 1.86. The Labute approximate surface area is 134 Å². The highest BCUT2D eigenvalue weighted by atomic mass is 16.2. The minimum Gasteiger partial charge on any atom is -0.351 e. The average molecular weight is 310 g/mol. The van der Waals surface area contributed by atoms with Crippen molar-refractivity contribution >= 4 is 17.6 Å². The van der Waals surface area contributed by atoms with E-state index in [0.717, 1.165) is 11.3 Å². The summed E-state index contributed by atoms with van der Waals surface area (Å²) in [5.41, 5.74) is 1.78. The van der Waals surface area contributed by atoms with E-state index in [9.17, 15) is 9.59 Å². The van der Waals surface area contributed by atoms with Gasteiger partial charge in [0.05, 0.1) is 12.2 Å². The molecule has 3 rings (SSSR count). The molecule has 0 bridgehead atoms. The third-order valence-electron chi connectivity index (χ3n) is 3.69. The van der Waals surface area contributed by atoms with E-state index in [1.54, 1.807) is 10.8 Å². The molecule has 0 saturated heterocycles. The van der Waals surface area contributed by atoms with Crippen LogP contribution in [0.5, 0.6) is 0 Å². The minimum absolute atomic E-state index is 0.00734. The number of fused-ring (bicyclic) bond motifs is 1. The van der Waals surface area contributed by atoms with E-state index in [-0.39, 0.29) is 18.4 Å². The molecule has 6 heteroatoms. The van der Waals surface area contributed by atoms with Gasteiger partial charge in [-0.3, -0.25) is 14.5 Å². The zero-order valence-electron chi connectivity index (χ0n) is 12.7. The third-order valence-corrected chi connectivity index (χ3v) is 3.69. The average Bonchev–Trinajstić information content (AvgIpc) is 3.01. The monoisotopic (exact) mass is 310 g/mol. The van der Waals surface area contributed by atoms with Crippen LogP contribution < -0.4 is 10.2 Å². The molecule has 2 amide bonds. The molecule has 118 valence electrons. The highest BCUT2D eigenvalue weighted by Crippen LogP contribution is 2.27. The van der Waals surface area contributed by atoms with Crippen LogP contribution in [0.15, 0.2) is 49.1 Å². The Hall–Kier alpha value is -2.89. The molecule has 0 atom stereocenters. The van der Waals surface area contributed by atoms with Gasteiger partial charge in [-0.25, -0.2) is 4.68 Å². The highest BCUT2D eigenvalue weighted by molar-refractivity contribution is 5.99. The second-order valence-electron chi connectivity index (χ2n) is 5.30. The van der Waals surface area contributed by atoms with Gasteiger partial charge in [0.1, 0.15) is 12.4 Å². The zero-order chi connectivity index (χ0) is 16.2. The molecule has 6 nitrogen and oxygen atoms in total. The van der Waals surface area contributed by atoms with E-state index in [2.05, 4.69) is 17.0 Å². The van der Waals surface area contributed by atoms with Crippen LogP contribution >= 0.6 is 0 Å². The predicted octanol–water partition coefficient (Wildman–Crippen LogP) is 1.59. The summed E-state index contributed by atoms with van der Waals surface area (Å²) in [6, 6.07) is 11.6. The number of amides is 2. The van der Waals surface area contributed by atoms with Crippen molar-refractivity contribution in [2.24, 2.45) is 0 Å². The van der Waals surface area contributed by atoms with Gasteiger partial charge in [0, 0.05) is 24.6 Å². The van der Waals surface area contributed by atoms with Crippen LogP contribution in [0, 0.1) is 0 Å². The third kappa shape index (κ3) is 3.15. The Morgan fingerprint density at radius 1 is 1.35 bits per heavy atom. The second-order valence-corrected chi connectivity index (χ2v) is 5.30. The van der Waals surface area contributed by atoms with Gasteiger partial charge in [0.15, 0.2) is 0 Å². The number of aromatic nitrogens is 2. The van der Waals surface area contributed by atoms with E-state index in [1.165, 1.54) is 4.90 Å². The van der Waals surface area contributed by atoms with E-state index in [0.29, 0.717) is 25.3 Å². The first-order chi connectivity index (χ1) is 11.2. The van der Waals surface area contributed by atoms with E-state index < -0.39 is 0 Å². The number of anilines is 1. The molecule has 0 fully saturated rings. The van der Waals surface area contributed by atoms with E-state index in [4.69, 9.17) is 0 Å². The summed E-state index contributed by atoms with van der Waals surface area (Å²) in [6.45, 7) is 4.47. The molecule has 0 unspecified atom stereocenters. The number of aryl methyl sites for hydroxylation is 1. The number of benzene rings is 1. The molecule has 1 aliphatic heterocycles. The summed E-state index contributed by atoms with van der Waals surface area (Å²) in [5.74, 6) is 0.383. The highest BCUT2D eigenvalue weighted by Gasteiger charge is 2.27. The first-order valence-electron chi connectivity index (χ1n) is 7.50. The summed E-state index contributed by atoms with van der Waals surface area (Å²) in [4.78, 5) is 25.6. The number of hydrogen-bond donors (Lipinski definition) is 1. The topological polar surface area (TPSA) is 67.2 Å². The van der Waals surface area contributed by atoms with Crippen molar-refractivity contribution in [2.45, 2.75) is 13.0 Å². The second kappa shape index (κ2) is 6.48. The fourth-order valence-electron chi connectivity index (χ4n) is 2.56. The van der Waals surface area contributed by atoms with Gasteiger partial charge in [0.2, 0.25) is 11.8 Å². The van der Waals surface area contributed by atoms with Crippen LogP contribution in [-0.2, 0) is 16.1 Å². The number of carbonyl (C=O) groups excluding carboxylic acids is 2. The molecular weight excluding hydrogens is 292 g/mol. The first kappa shape index (κ1) is 15.0. The van der Waals surface area contributed by atoms with Crippen LogP contribution in [-0.4, -0.2) is 34.7 Å². The lowest BCUT2D eigenvalue weighted by Crippen LogP contribution is -2.44. The number of rotatable bonds is 5. The van der Waals surface area contributed by atoms with Crippen molar-refractivity contribution in [3.8, 4) is 11.3 Å². The summed E-state index contributed by atoms with van der Waals surface area (Å²) in [5, 5.41) is 7.24. The summed E-state index contributed by atoms with van der Waals surface area (Å²) < 4.78 is 1.78. The van der Waals surface area contributed by atoms with Gasteiger partial charge in [-0.05, 0) is 0 Å². The van der Waals surface area contributed by atoms with Gasteiger partial charge in [-0.1, -0.05) is 36.4 Å². The normalized spacial score (nSPS) is 13.6. The number of nitrogens with one attached hydrogen (secondary N) is 1. The Morgan fingerprint density at radius 3 is 2.87 bits per heavy atom. The molecule has 1 aromatic carbocycles. The lowest BCUT2D eigenvalue weighted by atomic mass is 10.1. The largest absolute Gasteiger partial charge is 0.351 e. The van der Waals surface area contributed by atoms with Crippen LogP contribution in [0.1, 0.15) is 6.42 Å². The first-order valence-corrected chi connectivity index (χ1v) is 7.50. The molecule has 0 saturated carbocycles. The number of carbonyl (C=O) groups is 2. The summed E-state index contributed by atoms with van der Waals surface area (Å²) in [7, 11) is 0. The maximum absolute atomic E-state index is 12.2. The Morgan fingerprint density at radius 2 is 2.13 bits per heavy atom. The maximum Gasteiger partial charge on any atom is 0.240 e. The van der Waals surface area contributed by atoms with Crippen LogP contribution in [0.25, 0.3) is 11.3 Å². The number of nitrogens with zero attached hydrogens (tertiary/aromatic N) is 3. The van der Waals surface area contributed by atoms with Gasteiger partial charge < -0.3 is 5.32 Å². The lowest BCUT2D eigenvalue weighted by molar-refractivity contribution is -0.124. The molecule has 2 heterocycles. The lowest BCUT2D eigenvalue weighted by Gasteiger charge is -2.26. The van der Waals surface area contributed by atoms with Crippen molar-refractivity contribution in [2.75, 3.05) is 18.0 Å². The van der Waals surface area contributed by atoms with Crippen molar-refractivity contribution in [3.63, 3.8) is 0 Å². The minimum atomic E-state index is -0.214. The van der Waals surface area contributed by atoms with Crippen molar-refractivity contribution < 1.29 is 9.59 Å². The van der Waals surface area contributed by atoms with Gasteiger partial charge in [0.25, 0.3) is 0 Å². The smallest absolute Gasteiger partial charge is 0.240 e. The van der Waals surface area contributed by atoms with Crippen LogP contribution in [0.2, 0.25) is 0 Å². The number of hydrogen-bond acceptors (Lipinski definition) is 3. The molecule has 2 aromatic rings. The van der Waals surface area contributed by atoms with E-state index in [1.807, 2.05) is 36.4 Å². The summed E-state index contributed by atoms with van der Waals surface area (Å²) in [6.07, 6.45) is 1.95. The fourth-order valence-corrected chi connectivity index (χ4v) is 2.56. The Bertz CT molecular complexity index is 736. The zero-order valence-corrected chi connectivity index (χ0v) is 12.7.